The first-order chi connectivity index (χ1) is 11.2. The van der Waals surface area contributed by atoms with Crippen molar-refractivity contribution in [3.63, 3.8) is 0 Å². The summed E-state index contributed by atoms with van der Waals surface area (Å²) in [6.07, 6.45) is 3.78. The number of pyridine rings is 1. The van der Waals surface area contributed by atoms with Crippen LogP contribution in [-0.2, 0) is 17.8 Å². The van der Waals surface area contributed by atoms with Gasteiger partial charge in [0, 0.05) is 35.5 Å². The lowest BCUT2D eigenvalue weighted by Crippen LogP contribution is -2.24. The van der Waals surface area contributed by atoms with Crippen LogP contribution in [0.4, 0.5) is 0 Å². The van der Waals surface area contributed by atoms with Crippen molar-refractivity contribution in [2.24, 2.45) is 0 Å². The average Bonchev–Trinajstić information content (AvgIpc) is 2.89. The normalized spacial score (nSPS) is 10.7. The van der Waals surface area contributed by atoms with Crippen LogP contribution in [0.25, 0.3) is 10.9 Å². The number of nitrogens with zero attached hydrogens (tertiary/aromatic N) is 1. The molecule has 118 valence electrons. The number of rotatable bonds is 5. The van der Waals surface area contributed by atoms with Crippen LogP contribution < -0.4 is 10.1 Å². The van der Waals surface area contributed by atoms with E-state index in [9.17, 15) is 4.79 Å². The van der Waals surface area contributed by atoms with Crippen molar-refractivity contribution < 1.29 is 9.53 Å². The molecular formula is C18H19N3O2. The van der Waals surface area contributed by atoms with Crippen LogP contribution in [0.5, 0.6) is 5.75 Å². The summed E-state index contributed by atoms with van der Waals surface area (Å²) < 4.78 is 5.28. The predicted octanol–water partition coefficient (Wildman–Crippen LogP) is 2.74. The largest absolute Gasteiger partial charge is 0.497 e. The van der Waals surface area contributed by atoms with Gasteiger partial charge in [0.1, 0.15) is 5.75 Å². The molecule has 3 rings (SSSR count). The number of carbonyl (C=O) groups is 1. The molecular weight excluding hydrogens is 290 g/mol. The number of hydrogen-bond acceptors (Lipinski definition) is 3. The molecule has 0 aliphatic rings. The fraction of sp³-hybridized carbons (Fsp3) is 0.222. The first-order valence-electron chi connectivity index (χ1n) is 7.48. The number of benzene rings is 1. The lowest BCUT2D eigenvalue weighted by molar-refractivity contribution is -0.120. The van der Waals surface area contributed by atoms with E-state index < -0.39 is 0 Å². The predicted molar refractivity (Wildman–Crippen MR) is 89.4 cm³/mol. The Kier molecular flexibility index (Phi) is 4.28. The van der Waals surface area contributed by atoms with Gasteiger partial charge in [0.15, 0.2) is 0 Å². The number of aromatic amines is 1. The number of nitrogens with one attached hydrogen (secondary N) is 2. The Morgan fingerprint density at radius 1 is 1.26 bits per heavy atom. The average molecular weight is 309 g/mol. The molecule has 0 saturated heterocycles. The fourth-order valence-corrected chi connectivity index (χ4v) is 2.64. The van der Waals surface area contributed by atoms with Gasteiger partial charge in [0.05, 0.1) is 13.5 Å². The van der Waals surface area contributed by atoms with E-state index in [1.54, 1.807) is 19.5 Å². The van der Waals surface area contributed by atoms with Gasteiger partial charge in [-0.2, -0.15) is 0 Å². The van der Waals surface area contributed by atoms with Gasteiger partial charge in [0.2, 0.25) is 5.91 Å². The molecule has 0 fully saturated rings. The second kappa shape index (κ2) is 6.52. The zero-order chi connectivity index (χ0) is 16.2. The molecule has 1 amide bonds. The number of carbonyl (C=O) groups excluding carboxylic acids is 1. The maximum atomic E-state index is 12.3. The molecule has 0 aliphatic carbocycles. The molecule has 0 atom stereocenters. The summed E-state index contributed by atoms with van der Waals surface area (Å²) in [5.74, 6) is 0.781. The van der Waals surface area contributed by atoms with Gasteiger partial charge in [-0.05, 0) is 48.4 Å². The van der Waals surface area contributed by atoms with Gasteiger partial charge >= 0.3 is 0 Å². The molecule has 0 radical (unpaired) electrons. The number of methoxy groups -OCH3 is 1. The summed E-state index contributed by atoms with van der Waals surface area (Å²) in [5, 5.41) is 3.97. The van der Waals surface area contributed by atoms with E-state index in [0.29, 0.717) is 13.0 Å². The zero-order valence-electron chi connectivity index (χ0n) is 13.2. The van der Waals surface area contributed by atoms with E-state index >= 15 is 0 Å². The number of amides is 1. The number of fused-ring (bicyclic) bond motifs is 1. The molecule has 2 aromatic heterocycles. The second-order valence-electron chi connectivity index (χ2n) is 5.45. The van der Waals surface area contributed by atoms with Gasteiger partial charge in [0.25, 0.3) is 0 Å². The third kappa shape index (κ3) is 3.34. The third-order valence-electron chi connectivity index (χ3n) is 3.90. The Hall–Kier alpha value is -2.82. The van der Waals surface area contributed by atoms with Crippen LogP contribution in [0, 0.1) is 6.92 Å². The van der Waals surface area contributed by atoms with E-state index in [2.05, 4.69) is 15.3 Å². The van der Waals surface area contributed by atoms with Crippen LogP contribution in [0.2, 0.25) is 0 Å². The van der Waals surface area contributed by atoms with Crippen LogP contribution >= 0.6 is 0 Å². The molecule has 5 nitrogen and oxygen atoms in total. The lowest BCUT2D eigenvalue weighted by atomic mass is 10.1. The van der Waals surface area contributed by atoms with E-state index in [4.69, 9.17) is 4.74 Å². The Balaban J connectivity index is 1.75. The number of aryl methyl sites for hydroxylation is 1. The lowest BCUT2D eigenvalue weighted by Gasteiger charge is -2.06. The summed E-state index contributed by atoms with van der Waals surface area (Å²) >= 11 is 0. The Labute approximate surface area is 134 Å². The van der Waals surface area contributed by atoms with Gasteiger partial charge in [-0.25, -0.2) is 0 Å². The maximum Gasteiger partial charge on any atom is 0.224 e. The molecule has 0 unspecified atom stereocenters. The van der Waals surface area contributed by atoms with Crippen molar-refractivity contribution in [2.45, 2.75) is 19.9 Å². The molecule has 23 heavy (non-hydrogen) atoms. The minimum absolute atomic E-state index is 0.00590. The van der Waals surface area contributed by atoms with Crippen LogP contribution in [-0.4, -0.2) is 23.0 Å². The molecule has 2 heterocycles. The van der Waals surface area contributed by atoms with Crippen molar-refractivity contribution in [3.05, 3.63) is 59.5 Å². The first kappa shape index (κ1) is 15.1. The van der Waals surface area contributed by atoms with Gasteiger partial charge < -0.3 is 15.0 Å². The fourth-order valence-electron chi connectivity index (χ4n) is 2.64. The highest BCUT2D eigenvalue weighted by atomic mass is 16.5. The second-order valence-corrected chi connectivity index (χ2v) is 5.45. The summed E-state index contributed by atoms with van der Waals surface area (Å²) in [7, 11) is 1.64. The summed E-state index contributed by atoms with van der Waals surface area (Å²) in [6, 6.07) is 9.62. The summed E-state index contributed by atoms with van der Waals surface area (Å²) in [5.41, 5.74) is 4.06. The summed E-state index contributed by atoms with van der Waals surface area (Å²) in [6.45, 7) is 2.49. The monoisotopic (exact) mass is 309 g/mol. The number of H-pyrrole nitrogens is 1. The van der Waals surface area contributed by atoms with Crippen LogP contribution in [0.15, 0.2) is 42.7 Å². The van der Waals surface area contributed by atoms with Crippen molar-refractivity contribution in [2.75, 3.05) is 7.11 Å². The van der Waals surface area contributed by atoms with E-state index in [-0.39, 0.29) is 5.91 Å². The smallest absolute Gasteiger partial charge is 0.224 e. The highest BCUT2D eigenvalue weighted by Crippen LogP contribution is 2.26. The van der Waals surface area contributed by atoms with Gasteiger partial charge in [-0.3, -0.25) is 9.78 Å². The van der Waals surface area contributed by atoms with Gasteiger partial charge in [-0.1, -0.05) is 0 Å². The standard InChI is InChI=1S/C18H19N3O2/c1-12-15(16-9-14(23-2)3-4-17(16)21-12)10-18(22)20-11-13-5-7-19-8-6-13/h3-9,21H,10-11H2,1-2H3,(H,20,22). The minimum atomic E-state index is -0.00590. The van der Waals surface area contributed by atoms with Crippen molar-refractivity contribution in [3.8, 4) is 5.75 Å². The number of hydrogen-bond donors (Lipinski definition) is 2. The van der Waals surface area contributed by atoms with Gasteiger partial charge in [-0.15, -0.1) is 0 Å². The number of aromatic nitrogens is 2. The quantitative estimate of drug-likeness (QED) is 0.761. The van der Waals surface area contributed by atoms with E-state index in [1.165, 1.54) is 0 Å². The van der Waals surface area contributed by atoms with Crippen LogP contribution in [0.3, 0.4) is 0 Å². The summed E-state index contributed by atoms with van der Waals surface area (Å²) in [4.78, 5) is 19.5. The molecule has 0 aliphatic heterocycles. The van der Waals surface area contributed by atoms with Crippen molar-refractivity contribution >= 4 is 16.8 Å². The van der Waals surface area contributed by atoms with E-state index in [1.807, 2.05) is 37.3 Å². The molecule has 0 saturated carbocycles. The molecule has 5 heteroatoms. The SMILES string of the molecule is COc1ccc2[nH]c(C)c(CC(=O)NCc3ccncc3)c2c1. The van der Waals surface area contributed by atoms with Crippen LogP contribution in [0.1, 0.15) is 16.8 Å². The maximum absolute atomic E-state index is 12.3. The molecule has 0 spiro atoms. The molecule has 0 bridgehead atoms. The molecule has 2 N–H and O–H groups in total. The minimum Gasteiger partial charge on any atom is -0.497 e. The molecule has 1 aromatic carbocycles. The molecule has 3 aromatic rings. The van der Waals surface area contributed by atoms with E-state index in [0.717, 1.165) is 33.5 Å². The Bertz CT molecular complexity index is 825. The first-order valence-corrected chi connectivity index (χ1v) is 7.48. The Morgan fingerprint density at radius 3 is 2.78 bits per heavy atom. The number of ether oxygens (including phenoxy) is 1. The highest BCUT2D eigenvalue weighted by Gasteiger charge is 2.13. The topological polar surface area (TPSA) is 67.0 Å². The third-order valence-corrected chi connectivity index (χ3v) is 3.90. The Morgan fingerprint density at radius 2 is 2.04 bits per heavy atom. The van der Waals surface area contributed by atoms with Crippen molar-refractivity contribution in [1.29, 1.82) is 0 Å². The zero-order valence-corrected chi connectivity index (χ0v) is 13.2. The highest BCUT2D eigenvalue weighted by molar-refractivity contribution is 5.91. The van der Waals surface area contributed by atoms with Crippen molar-refractivity contribution in [1.82, 2.24) is 15.3 Å².